The van der Waals surface area contributed by atoms with Crippen molar-refractivity contribution in [1.82, 2.24) is 0 Å². The van der Waals surface area contributed by atoms with Crippen LogP contribution in [-0.4, -0.2) is 11.1 Å². The van der Waals surface area contributed by atoms with E-state index in [0.717, 1.165) is 4.47 Å². The monoisotopic (exact) mass is 404 g/mol. The molecule has 0 saturated carbocycles. The molecule has 1 N–H and O–H groups in total. The quantitative estimate of drug-likeness (QED) is 0.747. The molecule has 0 aromatic heterocycles. The van der Waals surface area contributed by atoms with Gasteiger partial charge < -0.3 is 9.84 Å². The van der Waals surface area contributed by atoms with Gasteiger partial charge in [0.2, 0.25) is 0 Å². The van der Waals surface area contributed by atoms with Crippen LogP contribution in [0.15, 0.2) is 45.3 Å². The lowest BCUT2D eigenvalue weighted by molar-refractivity contribution is 0.0696. The molecule has 0 aliphatic carbocycles. The van der Waals surface area contributed by atoms with Gasteiger partial charge in [0.25, 0.3) is 0 Å². The summed E-state index contributed by atoms with van der Waals surface area (Å²) in [7, 11) is 0. The first-order chi connectivity index (χ1) is 8.97. The third kappa shape index (κ3) is 3.49. The molecular weight excluding hydrogens is 399 g/mol. The average Bonchev–Trinajstić information content (AvgIpc) is 2.33. The lowest BCUT2D eigenvalue weighted by atomic mass is 10.2. The average molecular weight is 406 g/mol. The molecular formula is C13H7Br2ClO3. The largest absolute Gasteiger partial charge is 0.478 e. The molecule has 3 nitrogen and oxygen atoms in total. The van der Waals surface area contributed by atoms with E-state index in [2.05, 4.69) is 31.9 Å². The van der Waals surface area contributed by atoms with Crippen molar-refractivity contribution in [2.45, 2.75) is 0 Å². The van der Waals surface area contributed by atoms with Gasteiger partial charge in [0.1, 0.15) is 11.5 Å². The Morgan fingerprint density at radius 2 is 1.89 bits per heavy atom. The molecule has 0 aliphatic rings. The normalized spacial score (nSPS) is 10.3. The van der Waals surface area contributed by atoms with Crippen LogP contribution in [0.4, 0.5) is 0 Å². The van der Waals surface area contributed by atoms with Crippen molar-refractivity contribution in [3.8, 4) is 11.5 Å². The first-order valence-electron chi connectivity index (χ1n) is 5.13. The van der Waals surface area contributed by atoms with Gasteiger partial charge in [0.15, 0.2) is 0 Å². The maximum atomic E-state index is 10.9. The van der Waals surface area contributed by atoms with Crippen molar-refractivity contribution >= 4 is 49.4 Å². The maximum absolute atomic E-state index is 10.9. The van der Waals surface area contributed by atoms with Crippen LogP contribution in [0.1, 0.15) is 10.4 Å². The van der Waals surface area contributed by atoms with Gasteiger partial charge in [-0.05, 0) is 52.3 Å². The van der Waals surface area contributed by atoms with Crippen LogP contribution in [0.5, 0.6) is 11.5 Å². The zero-order chi connectivity index (χ0) is 14.0. The summed E-state index contributed by atoms with van der Waals surface area (Å²) in [6.45, 7) is 0. The molecule has 0 fully saturated rings. The third-order valence-corrected chi connectivity index (χ3v) is 3.75. The summed E-state index contributed by atoms with van der Waals surface area (Å²) < 4.78 is 6.91. The van der Waals surface area contributed by atoms with Crippen LogP contribution in [0.25, 0.3) is 0 Å². The van der Waals surface area contributed by atoms with E-state index in [-0.39, 0.29) is 5.56 Å². The zero-order valence-electron chi connectivity index (χ0n) is 9.36. The Labute approximate surface area is 131 Å². The third-order valence-electron chi connectivity index (χ3n) is 2.29. The molecule has 0 atom stereocenters. The molecule has 0 amide bonds. The van der Waals surface area contributed by atoms with Crippen molar-refractivity contribution in [3.05, 3.63) is 55.9 Å². The van der Waals surface area contributed by atoms with E-state index in [1.165, 1.54) is 6.07 Å². The number of carboxylic acid groups (broad SMARTS) is 1. The fourth-order valence-electron chi connectivity index (χ4n) is 1.42. The van der Waals surface area contributed by atoms with E-state index in [1.54, 1.807) is 30.3 Å². The molecule has 2 aromatic carbocycles. The van der Waals surface area contributed by atoms with E-state index >= 15 is 0 Å². The molecule has 0 unspecified atom stereocenters. The summed E-state index contributed by atoms with van der Waals surface area (Å²) >= 11 is 12.5. The zero-order valence-corrected chi connectivity index (χ0v) is 13.3. The number of aromatic carboxylic acids is 1. The summed E-state index contributed by atoms with van der Waals surface area (Å²) in [5, 5.41) is 9.40. The Hall–Kier alpha value is -1.04. The van der Waals surface area contributed by atoms with Gasteiger partial charge in [0.05, 0.1) is 10.6 Å². The van der Waals surface area contributed by atoms with E-state index in [0.29, 0.717) is 21.0 Å². The number of hydrogen-bond acceptors (Lipinski definition) is 2. The van der Waals surface area contributed by atoms with E-state index in [4.69, 9.17) is 21.4 Å². The lowest BCUT2D eigenvalue weighted by Gasteiger charge is -2.09. The minimum absolute atomic E-state index is 0.174. The molecule has 2 aromatic rings. The van der Waals surface area contributed by atoms with Crippen LogP contribution in [0.3, 0.4) is 0 Å². The van der Waals surface area contributed by atoms with Gasteiger partial charge in [-0.3, -0.25) is 0 Å². The minimum Gasteiger partial charge on any atom is -0.478 e. The van der Waals surface area contributed by atoms with E-state index in [1.807, 2.05) is 0 Å². The molecule has 19 heavy (non-hydrogen) atoms. The topological polar surface area (TPSA) is 46.5 Å². The van der Waals surface area contributed by atoms with Crippen molar-refractivity contribution < 1.29 is 14.6 Å². The van der Waals surface area contributed by atoms with Gasteiger partial charge in [0, 0.05) is 8.95 Å². The van der Waals surface area contributed by atoms with Gasteiger partial charge in [-0.25, -0.2) is 4.79 Å². The van der Waals surface area contributed by atoms with Crippen LogP contribution in [0, 0.1) is 0 Å². The number of carboxylic acids is 1. The Morgan fingerprint density at radius 3 is 2.53 bits per heavy atom. The SMILES string of the molecule is O=C(O)c1ccc(Oc2cc(Br)ccc2Cl)cc1Br. The van der Waals surface area contributed by atoms with Gasteiger partial charge in [-0.15, -0.1) is 0 Å². The number of rotatable bonds is 3. The second kappa shape index (κ2) is 5.94. The number of hydrogen-bond donors (Lipinski definition) is 1. The molecule has 0 aliphatic heterocycles. The standard InChI is InChI=1S/C13H7Br2ClO3/c14-7-1-4-11(16)12(5-7)19-8-2-3-9(13(17)18)10(15)6-8/h1-6H,(H,17,18). The predicted molar refractivity (Wildman–Crippen MR) is 80.3 cm³/mol. The molecule has 2 rings (SSSR count). The highest BCUT2D eigenvalue weighted by Crippen LogP contribution is 2.33. The first kappa shape index (κ1) is 14.4. The molecule has 6 heteroatoms. The van der Waals surface area contributed by atoms with E-state index < -0.39 is 5.97 Å². The lowest BCUT2D eigenvalue weighted by Crippen LogP contribution is -1.97. The highest BCUT2D eigenvalue weighted by atomic mass is 79.9. The highest BCUT2D eigenvalue weighted by molar-refractivity contribution is 9.10. The van der Waals surface area contributed by atoms with Crippen molar-refractivity contribution in [1.29, 1.82) is 0 Å². The minimum atomic E-state index is -1.00. The summed E-state index contributed by atoms with van der Waals surface area (Å²) in [5.41, 5.74) is 0.174. The van der Waals surface area contributed by atoms with Gasteiger partial charge in [-0.2, -0.15) is 0 Å². The predicted octanol–water partition coefficient (Wildman–Crippen LogP) is 5.36. The van der Waals surface area contributed by atoms with Crippen LogP contribution in [0.2, 0.25) is 5.02 Å². The van der Waals surface area contributed by atoms with Gasteiger partial charge in [-0.1, -0.05) is 27.5 Å². The second-order valence-electron chi connectivity index (χ2n) is 3.62. The molecule has 98 valence electrons. The summed E-state index contributed by atoms with van der Waals surface area (Å²) in [6, 6.07) is 9.88. The highest BCUT2D eigenvalue weighted by Gasteiger charge is 2.10. The molecule has 0 bridgehead atoms. The Balaban J connectivity index is 2.31. The van der Waals surface area contributed by atoms with E-state index in [9.17, 15) is 4.79 Å². The molecule has 0 radical (unpaired) electrons. The van der Waals surface area contributed by atoms with Crippen LogP contribution < -0.4 is 4.74 Å². The fraction of sp³-hybridized carbons (Fsp3) is 0. The number of halogens is 3. The fourth-order valence-corrected chi connectivity index (χ4v) is 2.44. The summed E-state index contributed by atoms with van der Waals surface area (Å²) in [6.07, 6.45) is 0. The van der Waals surface area contributed by atoms with Crippen LogP contribution >= 0.6 is 43.5 Å². The molecule has 0 spiro atoms. The number of benzene rings is 2. The summed E-state index contributed by atoms with van der Waals surface area (Å²) in [5.74, 6) is -0.0122. The second-order valence-corrected chi connectivity index (χ2v) is 5.80. The number of carbonyl (C=O) groups is 1. The van der Waals surface area contributed by atoms with Gasteiger partial charge >= 0.3 is 5.97 Å². The molecule has 0 saturated heterocycles. The Bertz CT molecular complexity index is 644. The van der Waals surface area contributed by atoms with Crippen molar-refractivity contribution in [2.24, 2.45) is 0 Å². The Morgan fingerprint density at radius 1 is 1.16 bits per heavy atom. The summed E-state index contributed by atoms with van der Waals surface area (Å²) in [4.78, 5) is 10.9. The smallest absolute Gasteiger partial charge is 0.336 e. The Kier molecular flexibility index (Phi) is 4.50. The van der Waals surface area contributed by atoms with Crippen LogP contribution in [-0.2, 0) is 0 Å². The maximum Gasteiger partial charge on any atom is 0.336 e. The van der Waals surface area contributed by atoms with Crippen molar-refractivity contribution in [3.63, 3.8) is 0 Å². The van der Waals surface area contributed by atoms with Crippen molar-refractivity contribution in [2.75, 3.05) is 0 Å². The number of ether oxygens (including phenoxy) is 1. The molecule has 0 heterocycles. The first-order valence-corrected chi connectivity index (χ1v) is 7.09.